The molecule has 0 unspecified atom stereocenters. The maximum absolute atomic E-state index is 12.7. The lowest BCUT2D eigenvalue weighted by atomic mass is 9.84. The third-order valence-corrected chi connectivity index (χ3v) is 7.58. The van der Waals surface area contributed by atoms with Crippen LogP contribution in [-0.4, -0.2) is 47.1 Å². The first kappa shape index (κ1) is 23.0. The summed E-state index contributed by atoms with van der Waals surface area (Å²) in [5.41, 5.74) is 8.88. The Hall–Kier alpha value is -2.19. The van der Waals surface area contributed by atoms with Gasteiger partial charge in [-0.05, 0) is 69.0 Å². The van der Waals surface area contributed by atoms with Crippen molar-refractivity contribution in [2.75, 3.05) is 31.9 Å². The van der Waals surface area contributed by atoms with Crippen LogP contribution in [0, 0.1) is 13.8 Å². The molecule has 170 valence electrons. The largest absolute Gasteiger partial charge is 0.397 e. The number of thiophene rings is 1. The first-order valence-electron chi connectivity index (χ1n) is 10.9. The zero-order valence-electron chi connectivity index (χ0n) is 18.4. The van der Waals surface area contributed by atoms with Crippen LogP contribution in [0.15, 0.2) is 30.3 Å². The van der Waals surface area contributed by atoms with E-state index in [9.17, 15) is 9.90 Å². The number of aliphatic hydroxyl groups is 1. The number of anilines is 1. The lowest BCUT2D eigenvalue weighted by molar-refractivity contribution is -0.0259. The van der Waals surface area contributed by atoms with E-state index >= 15 is 0 Å². The maximum Gasteiger partial charge on any atom is 0.263 e. The number of rotatable bonds is 6. The fourth-order valence-corrected chi connectivity index (χ4v) is 5.68. The summed E-state index contributed by atoms with van der Waals surface area (Å²) < 4.78 is 0. The molecule has 0 bridgehead atoms. The van der Waals surface area contributed by atoms with E-state index in [2.05, 4.69) is 15.2 Å². The molecule has 2 aromatic heterocycles. The summed E-state index contributed by atoms with van der Waals surface area (Å²) in [7, 11) is 0. The number of aryl methyl sites for hydroxylation is 2. The van der Waals surface area contributed by atoms with Gasteiger partial charge < -0.3 is 21.1 Å². The second kappa shape index (κ2) is 9.35. The molecule has 0 spiro atoms. The first-order valence-corrected chi connectivity index (χ1v) is 12.1. The standard InChI is InChI=1S/C24H29ClN4O2S/c1-15-14-16(2)28-23-19(15)20(26)21(32-23)22(30)27-10-3-11-29-12-8-24(31,9-13-29)17-4-6-18(25)7-5-17/h4-7,14,31H,3,8-13,26H2,1-2H3,(H,27,30). The minimum atomic E-state index is -0.793. The number of halogens is 1. The van der Waals surface area contributed by atoms with E-state index in [1.807, 2.05) is 44.2 Å². The van der Waals surface area contributed by atoms with E-state index in [0.29, 0.717) is 35.0 Å². The van der Waals surface area contributed by atoms with Gasteiger partial charge in [0.1, 0.15) is 9.71 Å². The highest BCUT2D eigenvalue weighted by Gasteiger charge is 2.33. The van der Waals surface area contributed by atoms with Crippen molar-refractivity contribution in [3.05, 3.63) is 57.1 Å². The number of carbonyl (C=O) groups is 1. The summed E-state index contributed by atoms with van der Waals surface area (Å²) in [5.74, 6) is -0.140. The van der Waals surface area contributed by atoms with Gasteiger partial charge in [0.05, 0.1) is 11.3 Å². The van der Waals surface area contributed by atoms with Crippen molar-refractivity contribution in [3.8, 4) is 0 Å². The second-order valence-corrected chi connectivity index (χ2v) is 10.0. The molecule has 6 nitrogen and oxygen atoms in total. The second-order valence-electron chi connectivity index (χ2n) is 8.60. The molecule has 32 heavy (non-hydrogen) atoms. The van der Waals surface area contributed by atoms with Gasteiger partial charge in [-0.15, -0.1) is 11.3 Å². The van der Waals surface area contributed by atoms with Gasteiger partial charge >= 0.3 is 0 Å². The Kier molecular flexibility index (Phi) is 6.72. The molecule has 1 amide bonds. The van der Waals surface area contributed by atoms with Crippen LogP contribution in [0.4, 0.5) is 5.69 Å². The van der Waals surface area contributed by atoms with Gasteiger partial charge in [-0.2, -0.15) is 0 Å². The summed E-state index contributed by atoms with van der Waals surface area (Å²) in [6.45, 7) is 7.03. The summed E-state index contributed by atoms with van der Waals surface area (Å²) >= 11 is 7.31. The Morgan fingerprint density at radius 2 is 1.97 bits per heavy atom. The molecule has 4 N–H and O–H groups in total. The van der Waals surface area contributed by atoms with Crippen molar-refractivity contribution < 1.29 is 9.90 Å². The molecule has 1 saturated heterocycles. The summed E-state index contributed by atoms with van der Waals surface area (Å²) in [4.78, 5) is 20.9. The minimum Gasteiger partial charge on any atom is -0.397 e. The van der Waals surface area contributed by atoms with Gasteiger partial charge in [-0.3, -0.25) is 4.79 Å². The van der Waals surface area contributed by atoms with Gasteiger partial charge in [0, 0.05) is 35.7 Å². The van der Waals surface area contributed by atoms with Crippen molar-refractivity contribution in [1.29, 1.82) is 0 Å². The quantitative estimate of drug-likeness (QED) is 0.466. The van der Waals surface area contributed by atoms with Crippen LogP contribution in [-0.2, 0) is 5.60 Å². The number of amides is 1. The zero-order chi connectivity index (χ0) is 22.9. The lowest BCUT2D eigenvalue weighted by Crippen LogP contribution is -2.43. The molecule has 0 atom stereocenters. The molecule has 1 aromatic carbocycles. The number of carbonyl (C=O) groups excluding carboxylic acids is 1. The molecule has 1 aliphatic heterocycles. The number of nitrogens with one attached hydrogen (secondary N) is 1. The zero-order valence-corrected chi connectivity index (χ0v) is 20.0. The predicted octanol–water partition coefficient (Wildman–Crippen LogP) is 4.25. The third-order valence-electron chi connectivity index (χ3n) is 6.23. The number of nitrogen functional groups attached to an aromatic ring is 1. The third kappa shape index (κ3) is 4.76. The van der Waals surface area contributed by atoms with Gasteiger partial charge in [0.15, 0.2) is 0 Å². The van der Waals surface area contributed by atoms with Gasteiger partial charge in [0.25, 0.3) is 5.91 Å². The van der Waals surface area contributed by atoms with E-state index in [1.165, 1.54) is 11.3 Å². The number of pyridine rings is 1. The number of benzene rings is 1. The predicted molar refractivity (Wildman–Crippen MR) is 131 cm³/mol. The van der Waals surface area contributed by atoms with Gasteiger partial charge in [-0.25, -0.2) is 4.98 Å². The molecule has 1 fully saturated rings. The fourth-order valence-electron chi connectivity index (χ4n) is 4.42. The molecule has 0 radical (unpaired) electrons. The molecule has 1 aliphatic rings. The molecule has 4 rings (SSSR count). The average Bonchev–Trinajstić information content (AvgIpc) is 3.09. The normalized spacial score (nSPS) is 16.4. The van der Waals surface area contributed by atoms with Crippen molar-refractivity contribution in [2.45, 2.75) is 38.7 Å². The molecular formula is C24H29ClN4O2S. The lowest BCUT2D eigenvalue weighted by Gasteiger charge is -2.38. The van der Waals surface area contributed by atoms with Gasteiger partial charge in [0.2, 0.25) is 0 Å². The number of nitrogens with two attached hydrogens (primary N) is 1. The summed E-state index contributed by atoms with van der Waals surface area (Å²) in [5, 5.41) is 15.6. The van der Waals surface area contributed by atoms with Crippen molar-refractivity contribution in [1.82, 2.24) is 15.2 Å². The number of piperidine rings is 1. The highest BCUT2D eigenvalue weighted by Crippen LogP contribution is 2.35. The summed E-state index contributed by atoms with van der Waals surface area (Å²) in [6, 6.07) is 9.45. The number of nitrogens with zero attached hydrogens (tertiary/aromatic N) is 2. The monoisotopic (exact) mass is 472 g/mol. The first-order chi connectivity index (χ1) is 15.3. The number of hydrogen-bond acceptors (Lipinski definition) is 6. The van der Waals surface area contributed by atoms with E-state index in [0.717, 1.165) is 53.1 Å². The molecule has 8 heteroatoms. The Bertz CT molecular complexity index is 1120. The maximum atomic E-state index is 12.7. The molecule has 0 saturated carbocycles. The van der Waals surface area contributed by atoms with Crippen LogP contribution in [0.2, 0.25) is 5.02 Å². The molecular weight excluding hydrogens is 444 g/mol. The minimum absolute atomic E-state index is 0.140. The number of fused-ring (bicyclic) bond motifs is 1. The van der Waals surface area contributed by atoms with Crippen LogP contribution in [0.1, 0.15) is 45.8 Å². The number of hydrogen-bond donors (Lipinski definition) is 3. The number of aromatic nitrogens is 1. The Morgan fingerprint density at radius 1 is 1.28 bits per heavy atom. The van der Waals surface area contributed by atoms with Crippen LogP contribution in [0.25, 0.3) is 10.2 Å². The SMILES string of the molecule is Cc1cc(C)c2c(N)c(C(=O)NCCCN3CCC(O)(c4ccc(Cl)cc4)CC3)sc2n1. The van der Waals surface area contributed by atoms with Crippen LogP contribution >= 0.6 is 22.9 Å². The fraction of sp³-hybridized carbons (Fsp3) is 0.417. The average molecular weight is 473 g/mol. The van der Waals surface area contributed by atoms with Crippen molar-refractivity contribution >= 4 is 44.7 Å². The van der Waals surface area contributed by atoms with Crippen molar-refractivity contribution in [2.24, 2.45) is 0 Å². The Morgan fingerprint density at radius 3 is 2.66 bits per heavy atom. The molecule has 3 aromatic rings. The Labute approximate surface area is 197 Å². The van der Waals surface area contributed by atoms with Crippen LogP contribution < -0.4 is 11.1 Å². The summed E-state index contributed by atoms with van der Waals surface area (Å²) in [6.07, 6.45) is 2.21. The molecule has 0 aliphatic carbocycles. The highest BCUT2D eigenvalue weighted by atomic mass is 35.5. The Balaban J connectivity index is 1.26. The van der Waals surface area contributed by atoms with Crippen LogP contribution in [0.5, 0.6) is 0 Å². The highest BCUT2D eigenvalue weighted by molar-refractivity contribution is 7.21. The number of likely N-dealkylation sites (tertiary alicyclic amines) is 1. The van der Waals surface area contributed by atoms with Crippen LogP contribution in [0.3, 0.4) is 0 Å². The van der Waals surface area contributed by atoms with E-state index < -0.39 is 5.60 Å². The molecule has 3 heterocycles. The van der Waals surface area contributed by atoms with Crippen molar-refractivity contribution in [3.63, 3.8) is 0 Å². The van der Waals surface area contributed by atoms with E-state index in [4.69, 9.17) is 17.3 Å². The topological polar surface area (TPSA) is 91.5 Å². The smallest absolute Gasteiger partial charge is 0.263 e. The van der Waals surface area contributed by atoms with Gasteiger partial charge in [-0.1, -0.05) is 23.7 Å². The van der Waals surface area contributed by atoms with E-state index in [-0.39, 0.29) is 5.91 Å². The van der Waals surface area contributed by atoms with E-state index in [1.54, 1.807) is 0 Å².